The summed E-state index contributed by atoms with van der Waals surface area (Å²) in [6.45, 7) is 9.77. The van der Waals surface area contributed by atoms with E-state index in [2.05, 4.69) is 40.9 Å². The van der Waals surface area contributed by atoms with Crippen LogP contribution >= 0.6 is 0 Å². The van der Waals surface area contributed by atoms with E-state index in [-0.39, 0.29) is 0 Å². The first-order valence-corrected chi connectivity index (χ1v) is 7.45. The van der Waals surface area contributed by atoms with Crippen LogP contribution in [0.5, 0.6) is 0 Å². The third kappa shape index (κ3) is 5.17. The summed E-state index contributed by atoms with van der Waals surface area (Å²) in [5.41, 5.74) is 0. The summed E-state index contributed by atoms with van der Waals surface area (Å²) in [5.74, 6) is 2.12. The van der Waals surface area contributed by atoms with Crippen LogP contribution in [0.3, 0.4) is 0 Å². The fraction of sp³-hybridized carbons (Fsp3) is 0.857. The number of nitrogens with one attached hydrogen (secondary N) is 1. The third-order valence-electron chi connectivity index (χ3n) is 3.07. The van der Waals surface area contributed by atoms with Gasteiger partial charge in [-0.25, -0.2) is 9.67 Å². The van der Waals surface area contributed by atoms with Crippen molar-refractivity contribution in [3.05, 3.63) is 11.6 Å². The molecule has 1 aromatic heterocycles. The number of rotatable bonds is 10. The molecular formula is C14H28N4. The first kappa shape index (κ1) is 15.2. The molecule has 1 aromatic rings. The Kier molecular flexibility index (Phi) is 7.65. The Bertz CT molecular complexity index is 320. The maximum atomic E-state index is 4.54. The average molecular weight is 252 g/mol. The van der Waals surface area contributed by atoms with Gasteiger partial charge < -0.3 is 5.32 Å². The van der Waals surface area contributed by atoms with Crippen molar-refractivity contribution >= 4 is 0 Å². The van der Waals surface area contributed by atoms with Gasteiger partial charge in [0.1, 0.15) is 5.82 Å². The molecule has 0 aromatic carbocycles. The largest absolute Gasteiger partial charge is 0.317 e. The SMILES string of the molecule is CCCNCCCCCn1nc(CC)nc1CC. The van der Waals surface area contributed by atoms with E-state index in [9.17, 15) is 0 Å². The topological polar surface area (TPSA) is 42.7 Å². The summed E-state index contributed by atoms with van der Waals surface area (Å²) < 4.78 is 2.10. The zero-order valence-electron chi connectivity index (χ0n) is 12.2. The van der Waals surface area contributed by atoms with Gasteiger partial charge in [-0.15, -0.1) is 0 Å². The average Bonchev–Trinajstić information content (AvgIpc) is 2.80. The van der Waals surface area contributed by atoms with E-state index in [0.717, 1.165) is 44.1 Å². The molecule has 0 aliphatic rings. The van der Waals surface area contributed by atoms with E-state index in [0.29, 0.717) is 0 Å². The van der Waals surface area contributed by atoms with Gasteiger partial charge in [0.2, 0.25) is 0 Å². The van der Waals surface area contributed by atoms with Crippen LogP contribution in [0, 0.1) is 0 Å². The molecule has 18 heavy (non-hydrogen) atoms. The van der Waals surface area contributed by atoms with Crippen LogP contribution in [0.1, 0.15) is 58.1 Å². The van der Waals surface area contributed by atoms with E-state index in [1.807, 2.05) is 0 Å². The van der Waals surface area contributed by atoms with E-state index in [4.69, 9.17) is 0 Å². The number of aryl methyl sites for hydroxylation is 3. The van der Waals surface area contributed by atoms with E-state index < -0.39 is 0 Å². The van der Waals surface area contributed by atoms with Crippen molar-refractivity contribution in [3.63, 3.8) is 0 Å². The molecule has 0 radical (unpaired) electrons. The minimum absolute atomic E-state index is 0.931. The van der Waals surface area contributed by atoms with Crippen molar-refractivity contribution in [3.8, 4) is 0 Å². The Hall–Kier alpha value is -0.900. The summed E-state index contributed by atoms with van der Waals surface area (Å²) in [6.07, 6.45) is 6.86. The Labute approximate surface area is 111 Å². The van der Waals surface area contributed by atoms with E-state index >= 15 is 0 Å². The van der Waals surface area contributed by atoms with Crippen molar-refractivity contribution in [2.45, 2.75) is 65.8 Å². The third-order valence-corrected chi connectivity index (χ3v) is 3.07. The summed E-state index contributed by atoms with van der Waals surface area (Å²) in [5, 5.41) is 7.97. The van der Waals surface area contributed by atoms with Crippen LogP contribution in [0.25, 0.3) is 0 Å². The number of aromatic nitrogens is 3. The highest BCUT2D eigenvalue weighted by atomic mass is 15.3. The Morgan fingerprint density at radius 3 is 2.50 bits per heavy atom. The second kappa shape index (κ2) is 9.09. The highest BCUT2D eigenvalue weighted by Gasteiger charge is 2.05. The van der Waals surface area contributed by atoms with Gasteiger partial charge in [-0.2, -0.15) is 5.10 Å². The lowest BCUT2D eigenvalue weighted by Gasteiger charge is -2.05. The van der Waals surface area contributed by atoms with Gasteiger partial charge in [0.15, 0.2) is 5.82 Å². The number of hydrogen-bond acceptors (Lipinski definition) is 3. The van der Waals surface area contributed by atoms with Crippen molar-refractivity contribution in [1.29, 1.82) is 0 Å². The van der Waals surface area contributed by atoms with E-state index in [1.165, 1.54) is 25.7 Å². The van der Waals surface area contributed by atoms with Crippen molar-refractivity contribution in [2.75, 3.05) is 13.1 Å². The van der Waals surface area contributed by atoms with Crippen LogP contribution in [0.2, 0.25) is 0 Å². The molecule has 1 rings (SSSR count). The van der Waals surface area contributed by atoms with Crippen LogP contribution in [0.15, 0.2) is 0 Å². The van der Waals surface area contributed by atoms with Crippen LogP contribution in [-0.4, -0.2) is 27.9 Å². The van der Waals surface area contributed by atoms with Gasteiger partial charge in [-0.05, 0) is 32.4 Å². The van der Waals surface area contributed by atoms with Gasteiger partial charge >= 0.3 is 0 Å². The minimum atomic E-state index is 0.931. The second-order valence-electron chi connectivity index (χ2n) is 4.69. The molecule has 0 unspecified atom stereocenters. The molecule has 0 aliphatic carbocycles. The molecule has 104 valence electrons. The predicted molar refractivity (Wildman–Crippen MR) is 75.8 cm³/mol. The summed E-state index contributed by atoms with van der Waals surface area (Å²) in [7, 11) is 0. The fourth-order valence-corrected chi connectivity index (χ4v) is 2.01. The molecular weight excluding hydrogens is 224 g/mol. The monoisotopic (exact) mass is 252 g/mol. The first-order valence-electron chi connectivity index (χ1n) is 7.45. The van der Waals surface area contributed by atoms with Crippen molar-refractivity contribution in [2.24, 2.45) is 0 Å². The molecule has 0 atom stereocenters. The number of unbranched alkanes of at least 4 members (excludes halogenated alkanes) is 2. The summed E-state index contributed by atoms with van der Waals surface area (Å²) in [6, 6.07) is 0. The summed E-state index contributed by atoms with van der Waals surface area (Å²) in [4.78, 5) is 4.53. The predicted octanol–water partition coefficient (Wildman–Crippen LogP) is 2.57. The molecule has 0 amide bonds. The van der Waals surface area contributed by atoms with Crippen molar-refractivity contribution < 1.29 is 0 Å². The van der Waals surface area contributed by atoms with E-state index in [1.54, 1.807) is 0 Å². The smallest absolute Gasteiger partial charge is 0.150 e. The molecule has 1 N–H and O–H groups in total. The quantitative estimate of drug-likeness (QED) is 0.651. The molecule has 0 spiro atoms. The fourth-order valence-electron chi connectivity index (χ4n) is 2.01. The Morgan fingerprint density at radius 1 is 1.00 bits per heavy atom. The molecule has 0 fully saturated rings. The molecule has 0 saturated carbocycles. The first-order chi connectivity index (χ1) is 8.81. The van der Waals surface area contributed by atoms with Gasteiger partial charge in [-0.1, -0.05) is 27.2 Å². The van der Waals surface area contributed by atoms with Crippen LogP contribution < -0.4 is 5.32 Å². The maximum absolute atomic E-state index is 4.54. The molecule has 0 aliphatic heterocycles. The second-order valence-corrected chi connectivity index (χ2v) is 4.69. The molecule has 4 nitrogen and oxygen atoms in total. The molecule has 0 bridgehead atoms. The standard InChI is InChI=1S/C14H28N4/c1-4-10-15-11-8-7-9-12-18-14(6-3)16-13(5-2)17-18/h15H,4-12H2,1-3H3. The summed E-state index contributed by atoms with van der Waals surface area (Å²) >= 11 is 0. The molecule has 0 saturated heterocycles. The Morgan fingerprint density at radius 2 is 1.83 bits per heavy atom. The minimum Gasteiger partial charge on any atom is -0.317 e. The van der Waals surface area contributed by atoms with Crippen LogP contribution in [0.4, 0.5) is 0 Å². The number of nitrogens with zero attached hydrogens (tertiary/aromatic N) is 3. The normalized spacial score (nSPS) is 11.1. The highest BCUT2D eigenvalue weighted by molar-refractivity contribution is 4.92. The Balaban J connectivity index is 2.20. The maximum Gasteiger partial charge on any atom is 0.150 e. The highest BCUT2D eigenvalue weighted by Crippen LogP contribution is 2.04. The van der Waals surface area contributed by atoms with Gasteiger partial charge in [-0.3, -0.25) is 0 Å². The van der Waals surface area contributed by atoms with Gasteiger partial charge in [0.25, 0.3) is 0 Å². The lowest BCUT2D eigenvalue weighted by molar-refractivity contribution is 0.512. The van der Waals surface area contributed by atoms with Crippen LogP contribution in [-0.2, 0) is 19.4 Å². The zero-order chi connectivity index (χ0) is 13.2. The molecule has 1 heterocycles. The van der Waals surface area contributed by atoms with Gasteiger partial charge in [0, 0.05) is 19.4 Å². The lowest BCUT2D eigenvalue weighted by Crippen LogP contribution is -2.16. The van der Waals surface area contributed by atoms with Crippen molar-refractivity contribution in [1.82, 2.24) is 20.1 Å². The lowest BCUT2D eigenvalue weighted by atomic mass is 10.2. The molecule has 4 heteroatoms. The number of hydrogen-bond donors (Lipinski definition) is 1. The zero-order valence-corrected chi connectivity index (χ0v) is 12.2. The van der Waals surface area contributed by atoms with Gasteiger partial charge in [0.05, 0.1) is 0 Å².